The Kier molecular flexibility index (Phi) is 4.44. The number of hydrogen-bond acceptors (Lipinski definition) is 3. The second kappa shape index (κ2) is 6.66. The van der Waals surface area contributed by atoms with E-state index >= 15 is 0 Å². The van der Waals surface area contributed by atoms with E-state index in [0.29, 0.717) is 18.9 Å². The molecule has 1 atom stereocenters. The highest BCUT2D eigenvalue weighted by atomic mass is 16.2. The fraction of sp³-hybridized carbons (Fsp3) is 0.571. The minimum Gasteiger partial charge on any atom is -0.342 e. The molecule has 0 radical (unpaired) electrons. The maximum Gasteiger partial charge on any atom is 0.227 e. The van der Waals surface area contributed by atoms with Gasteiger partial charge in [-0.05, 0) is 45.7 Å². The molecule has 0 bridgehead atoms. The van der Waals surface area contributed by atoms with Crippen LogP contribution in [0.3, 0.4) is 0 Å². The van der Waals surface area contributed by atoms with Crippen molar-refractivity contribution >= 4 is 22.8 Å². The van der Waals surface area contributed by atoms with Crippen molar-refractivity contribution in [3.8, 4) is 0 Å². The molecule has 1 N–H and O–H groups in total. The van der Waals surface area contributed by atoms with Gasteiger partial charge in [-0.1, -0.05) is 12.1 Å². The highest BCUT2D eigenvalue weighted by Crippen LogP contribution is 2.31. The Hall–Kier alpha value is -2.37. The van der Waals surface area contributed by atoms with Crippen LogP contribution in [0.15, 0.2) is 24.3 Å². The number of nitrogens with one attached hydrogen (secondary N) is 1. The van der Waals surface area contributed by atoms with E-state index in [-0.39, 0.29) is 23.3 Å². The lowest BCUT2D eigenvalue weighted by Gasteiger charge is -2.34. The number of carbonyl (C=O) groups is 2. The molecule has 144 valence electrons. The third kappa shape index (κ3) is 3.45. The summed E-state index contributed by atoms with van der Waals surface area (Å²) >= 11 is 0. The van der Waals surface area contributed by atoms with Crippen LogP contribution in [0.25, 0.3) is 11.0 Å². The maximum absolute atomic E-state index is 12.9. The number of likely N-dealkylation sites (tertiary alicyclic amines) is 2. The van der Waals surface area contributed by atoms with Crippen LogP contribution in [-0.4, -0.2) is 56.8 Å². The summed E-state index contributed by atoms with van der Waals surface area (Å²) in [5.41, 5.74) is 1.84. The van der Waals surface area contributed by atoms with Crippen LogP contribution >= 0.6 is 0 Å². The molecular weight excluding hydrogens is 340 g/mol. The van der Waals surface area contributed by atoms with Gasteiger partial charge in [-0.2, -0.15) is 0 Å². The minimum atomic E-state index is -0.222. The second-order valence-electron chi connectivity index (χ2n) is 8.81. The number of imidazole rings is 1. The van der Waals surface area contributed by atoms with Gasteiger partial charge in [0.15, 0.2) is 0 Å². The van der Waals surface area contributed by atoms with Crippen LogP contribution in [0.4, 0.5) is 0 Å². The van der Waals surface area contributed by atoms with E-state index in [1.807, 2.05) is 54.8 Å². The lowest BCUT2D eigenvalue weighted by molar-refractivity contribution is -0.136. The number of aromatic amines is 1. The molecule has 0 saturated carbocycles. The molecule has 6 nitrogen and oxygen atoms in total. The largest absolute Gasteiger partial charge is 0.342 e. The normalized spacial score (nSPS) is 22.0. The smallest absolute Gasteiger partial charge is 0.227 e. The quantitative estimate of drug-likeness (QED) is 0.886. The molecule has 1 unspecified atom stereocenters. The summed E-state index contributed by atoms with van der Waals surface area (Å²) in [6.07, 6.45) is 2.17. The molecule has 0 aliphatic carbocycles. The molecular formula is C21H28N4O2. The van der Waals surface area contributed by atoms with Crippen molar-refractivity contribution in [3.63, 3.8) is 0 Å². The van der Waals surface area contributed by atoms with Crippen molar-refractivity contribution in [2.45, 2.75) is 51.5 Å². The molecule has 27 heavy (non-hydrogen) atoms. The molecule has 0 spiro atoms. The number of carbonyl (C=O) groups excluding carboxylic acids is 2. The highest BCUT2D eigenvalue weighted by molar-refractivity contribution is 5.89. The molecule has 6 heteroatoms. The van der Waals surface area contributed by atoms with Gasteiger partial charge in [0.2, 0.25) is 11.8 Å². The van der Waals surface area contributed by atoms with Crippen LogP contribution in [-0.2, 0) is 9.59 Å². The number of amides is 2. The van der Waals surface area contributed by atoms with Gasteiger partial charge < -0.3 is 14.8 Å². The first kappa shape index (κ1) is 18.0. The van der Waals surface area contributed by atoms with Crippen LogP contribution in [0.2, 0.25) is 0 Å². The first-order valence-electron chi connectivity index (χ1n) is 9.87. The van der Waals surface area contributed by atoms with Crippen LogP contribution in [0.1, 0.15) is 51.8 Å². The van der Waals surface area contributed by atoms with E-state index in [9.17, 15) is 9.59 Å². The Morgan fingerprint density at radius 3 is 2.52 bits per heavy atom. The summed E-state index contributed by atoms with van der Waals surface area (Å²) in [5.74, 6) is 1.42. The molecule has 1 aromatic carbocycles. The third-order valence-corrected chi connectivity index (χ3v) is 5.89. The Balaban J connectivity index is 1.38. The molecule has 1 aromatic heterocycles. The third-order valence-electron chi connectivity index (χ3n) is 5.89. The lowest BCUT2D eigenvalue weighted by atomic mass is 9.95. The van der Waals surface area contributed by atoms with E-state index in [2.05, 4.69) is 4.98 Å². The van der Waals surface area contributed by atoms with Gasteiger partial charge in [0.25, 0.3) is 0 Å². The highest BCUT2D eigenvalue weighted by Gasteiger charge is 2.41. The number of benzene rings is 1. The van der Waals surface area contributed by atoms with Gasteiger partial charge in [-0.25, -0.2) is 4.98 Å². The zero-order valence-electron chi connectivity index (χ0n) is 16.4. The molecule has 2 saturated heterocycles. The number of hydrogen-bond donors (Lipinski definition) is 1. The summed E-state index contributed by atoms with van der Waals surface area (Å²) in [4.78, 5) is 37.1. The van der Waals surface area contributed by atoms with Gasteiger partial charge in [0.05, 0.1) is 17.0 Å². The summed E-state index contributed by atoms with van der Waals surface area (Å²) in [7, 11) is 0. The van der Waals surface area contributed by atoms with Crippen molar-refractivity contribution < 1.29 is 9.59 Å². The fourth-order valence-electron chi connectivity index (χ4n) is 4.32. The average Bonchev–Trinajstić information content (AvgIpc) is 3.24. The number of rotatable bonds is 2. The number of H-pyrrole nitrogens is 1. The maximum atomic E-state index is 12.9. The van der Waals surface area contributed by atoms with Crippen molar-refractivity contribution in [2.75, 3.05) is 19.6 Å². The van der Waals surface area contributed by atoms with E-state index in [1.165, 1.54) is 0 Å². The Morgan fingerprint density at radius 2 is 1.89 bits per heavy atom. The molecule has 4 rings (SSSR count). The average molecular weight is 368 g/mol. The summed E-state index contributed by atoms with van der Waals surface area (Å²) in [6, 6.07) is 8.07. The predicted octanol–water partition coefficient (Wildman–Crippen LogP) is 2.92. The standard InChI is InChI=1S/C21H28N4O2/c1-21(2,3)25-13-15(12-18(25)26)20(27)24-10-8-14(9-11-24)19-22-16-6-4-5-7-17(16)23-19/h4-7,14-15H,8-13H2,1-3H3,(H,22,23). The van der Waals surface area contributed by atoms with Gasteiger partial charge in [-0.3, -0.25) is 9.59 Å². The molecule has 2 aromatic rings. The van der Waals surface area contributed by atoms with Crippen LogP contribution in [0.5, 0.6) is 0 Å². The fourth-order valence-corrected chi connectivity index (χ4v) is 4.32. The monoisotopic (exact) mass is 368 g/mol. The zero-order valence-corrected chi connectivity index (χ0v) is 16.4. The molecule has 3 heterocycles. The van der Waals surface area contributed by atoms with Crippen LogP contribution < -0.4 is 0 Å². The topological polar surface area (TPSA) is 69.3 Å². The molecule has 2 amide bonds. The molecule has 2 fully saturated rings. The van der Waals surface area contributed by atoms with Crippen molar-refractivity contribution in [3.05, 3.63) is 30.1 Å². The number of nitrogens with zero attached hydrogens (tertiary/aromatic N) is 3. The van der Waals surface area contributed by atoms with Crippen LogP contribution in [0, 0.1) is 5.92 Å². The first-order chi connectivity index (χ1) is 12.8. The Labute approximate surface area is 159 Å². The number of piperidine rings is 1. The van der Waals surface area contributed by atoms with E-state index in [1.54, 1.807) is 0 Å². The minimum absolute atomic E-state index is 0.0954. The lowest BCUT2D eigenvalue weighted by Crippen LogP contribution is -2.45. The van der Waals surface area contributed by atoms with E-state index in [0.717, 1.165) is 42.8 Å². The van der Waals surface area contributed by atoms with Gasteiger partial charge in [0, 0.05) is 37.5 Å². The number of aromatic nitrogens is 2. The number of fused-ring (bicyclic) bond motifs is 1. The first-order valence-corrected chi connectivity index (χ1v) is 9.87. The Morgan fingerprint density at radius 1 is 1.19 bits per heavy atom. The summed E-state index contributed by atoms with van der Waals surface area (Å²) in [5, 5.41) is 0. The summed E-state index contributed by atoms with van der Waals surface area (Å²) in [6.45, 7) is 8.09. The van der Waals surface area contributed by atoms with Crippen molar-refractivity contribution in [1.29, 1.82) is 0 Å². The SMILES string of the molecule is CC(C)(C)N1CC(C(=O)N2CCC(c3nc4ccccc4[nH]3)CC2)CC1=O. The second-order valence-corrected chi connectivity index (χ2v) is 8.81. The number of para-hydroxylation sites is 2. The Bertz CT molecular complexity index is 825. The van der Waals surface area contributed by atoms with Crippen molar-refractivity contribution in [1.82, 2.24) is 19.8 Å². The molecule has 2 aliphatic heterocycles. The van der Waals surface area contributed by atoms with E-state index in [4.69, 9.17) is 4.98 Å². The van der Waals surface area contributed by atoms with E-state index < -0.39 is 0 Å². The molecule has 2 aliphatic rings. The summed E-state index contributed by atoms with van der Waals surface area (Å²) < 4.78 is 0. The van der Waals surface area contributed by atoms with Gasteiger partial charge in [0.1, 0.15) is 5.82 Å². The predicted molar refractivity (Wildman–Crippen MR) is 104 cm³/mol. The van der Waals surface area contributed by atoms with Gasteiger partial charge >= 0.3 is 0 Å². The van der Waals surface area contributed by atoms with Gasteiger partial charge in [-0.15, -0.1) is 0 Å². The zero-order chi connectivity index (χ0) is 19.2. The van der Waals surface area contributed by atoms with Crippen molar-refractivity contribution in [2.24, 2.45) is 5.92 Å².